The zero-order valence-corrected chi connectivity index (χ0v) is 11.0. The number of fused-ring (bicyclic) bond motifs is 1. The average molecular weight is 232 g/mol. The maximum Gasteiger partial charge on any atom is 0.0401 e. The fraction of sp³-hybridized carbons (Fsp3) is 0.600. The lowest BCUT2D eigenvalue weighted by Gasteiger charge is -2.38. The summed E-state index contributed by atoms with van der Waals surface area (Å²) in [4.78, 5) is 2.50. The van der Waals surface area contributed by atoms with Crippen molar-refractivity contribution in [1.29, 1.82) is 0 Å². The number of anilines is 1. The van der Waals surface area contributed by atoms with Crippen LogP contribution in [0.25, 0.3) is 0 Å². The Balaban J connectivity index is 2.15. The summed E-state index contributed by atoms with van der Waals surface area (Å²) < 4.78 is 0. The highest BCUT2D eigenvalue weighted by atomic mass is 15.2. The summed E-state index contributed by atoms with van der Waals surface area (Å²) in [6, 6.07) is 9.68. The third kappa shape index (κ3) is 2.81. The lowest BCUT2D eigenvalue weighted by Crippen LogP contribution is -2.44. The van der Waals surface area contributed by atoms with Crippen LogP contribution in [-0.4, -0.2) is 18.6 Å². The number of para-hydroxylation sites is 1. The van der Waals surface area contributed by atoms with E-state index in [1.165, 1.54) is 30.5 Å². The zero-order valence-electron chi connectivity index (χ0n) is 11.0. The molecule has 17 heavy (non-hydrogen) atoms. The smallest absolute Gasteiger partial charge is 0.0401 e. The van der Waals surface area contributed by atoms with Gasteiger partial charge in [-0.2, -0.15) is 0 Å². The molecule has 0 saturated heterocycles. The number of aryl methyl sites for hydroxylation is 1. The Bertz CT molecular complexity index is 362. The van der Waals surface area contributed by atoms with E-state index in [0.29, 0.717) is 12.1 Å². The minimum absolute atomic E-state index is 0.300. The molecule has 0 spiro atoms. The van der Waals surface area contributed by atoms with Crippen LogP contribution in [-0.2, 0) is 6.42 Å². The van der Waals surface area contributed by atoms with E-state index >= 15 is 0 Å². The Morgan fingerprint density at radius 3 is 2.94 bits per heavy atom. The molecular weight excluding hydrogens is 208 g/mol. The van der Waals surface area contributed by atoms with Crippen LogP contribution < -0.4 is 10.6 Å². The Hall–Kier alpha value is -1.02. The highest BCUT2D eigenvalue weighted by molar-refractivity contribution is 5.56. The van der Waals surface area contributed by atoms with E-state index in [9.17, 15) is 0 Å². The first-order chi connectivity index (χ1) is 8.22. The molecule has 2 atom stereocenters. The second kappa shape index (κ2) is 5.54. The Morgan fingerprint density at radius 2 is 2.18 bits per heavy atom. The number of rotatable bonds is 4. The summed E-state index contributed by atoms with van der Waals surface area (Å²) in [6.45, 7) is 5.51. The van der Waals surface area contributed by atoms with Crippen molar-refractivity contribution < 1.29 is 0 Å². The molecule has 1 heterocycles. The van der Waals surface area contributed by atoms with Gasteiger partial charge in [0.15, 0.2) is 0 Å². The molecule has 2 unspecified atom stereocenters. The lowest BCUT2D eigenvalue weighted by molar-refractivity contribution is 0.507. The molecule has 0 aromatic heterocycles. The predicted octanol–water partition coefficient (Wildman–Crippen LogP) is 2.96. The molecule has 94 valence electrons. The number of hydrogen-bond donors (Lipinski definition) is 1. The van der Waals surface area contributed by atoms with Gasteiger partial charge in [-0.15, -0.1) is 0 Å². The molecule has 1 aromatic rings. The van der Waals surface area contributed by atoms with E-state index in [1.807, 2.05) is 0 Å². The summed E-state index contributed by atoms with van der Waals surface area (Å²) in [6.07, 6.45) is 4.74. The van der Waals surface area contributed by atoms with E-state index in [-0.39, 0.29) is 0 Å². The van der Waals surface area contributed by atoms with Crippen molar-refractivity contribution in [2.24, 2.45) is 5.73 Å². The minimum atomic E-state index is 0.300. The fourth-order valence-corrected chi connectivity index (χ4v) is 2.75. The Morgan fingerprint density at radius 1 is 1.41 bits per heavy atom. The number of hydrogen-bond acceptors (Lipinski definition) is 2. The molecule has 2 heteroatoms. The van der Waals surface area contributed by atoms with E-state index in [1.54, 1.807) is 0 Å². The normalized spacial score (nSPS) is 21.1. The molecule has 2 rings (SSSR count). The summed E-state index contributed by atoms with van der Waals surface area (Å²) >= 11 is 0. The van der Waals surface area contributed by atoms with Crippen LogP contribution >= 0.6 is 0 Å². The van der Waals surface area contributed by atoms with Crippen molar-refractivity contribution in [2.45, 2.75) is 51.6 Å². The van der Waals surface area contributed by atoms with E-state index < -0.39 is 0 Å². The standard InChI is InChI=1S/C15H24N2/c1-3-6-14(16)11-17-12(2)9-10-13-7-4-5-8-15(13)17/h4-5,7-8,12,14H,3,6,9-11,16H2,1-2H3. The second-order valence-electron chi connectivity index (χ2n) is 5.22. The van der Waals surface area contributed by atoms with Gasteiger partial charge in [-0.25, -0.2) is 0 Å². The predicted molar refractivity (Wildman–Crippen MR) is 74.5 cm³/mol. The molecule has 0 bridgehead atoms. The van der Waals surface area contributed by atoms with Crippen molar-refractivity contribution in [3.05, 3.63) is 29.8 Å². The van der Waals surface area contributed by atoms with Crippen LogP contribution in [0.5, 0.6) is 0 Å². The number of nitrogens with zero attached hydrogens (tertiary/aromatic N) is 1. The highest BCUT2D eigenvalue weighted by Gasteiger charge is 2.23. The van der Waals surface area contributed by atoms with Gasteiger partial charge in [0.2, 0.25) is 0 Å². The van der Waals surface area contributed by atoms with Crippen molar-refractivity contribution >= 4 is 5.69 Å². The van der Waals surface area contributed by atoms with Gasteiger partial charge in [0.1, 0.15) is 0 Å². The minimum Gasteiger partial charge on any atom is -0.367 e. The molecular formula is C15H24N2. The van der Waals surface area contributed by atoms with Crippen LogP contribution in [0.4, 0.5) is 5.69 Å². The summed E-state index contributed by atoms with van der Waals surface area (Å²) in [5, 5.41) is 0. The van der Waals surface area contributed by atoms with E-state index in [4.69, 9.17) is 5.73 Å². The van der Waals surface area contributed by atoms with Gasteiger partial charge in [-0.3, -0.25) is 0 Å². The molecule has 1 aliphatic rings. The van der Waals surface area contributed by atoms with Crippen molar-refractivity contribution in [2.75, 3.05) is 11.4 Å². The second-order valence-corrected chi connectivity index (χ2v) is 5.22. The highest BCUT2D eigenvalue weighted by Crippen LogP contribution is 2.30. The maximum absolute atomic E-state index is 6.19. The Labute approximate surface area is 105 Å². The fourth-order valence-electron chi connectivity index (χ4n) is 2.75. The lowest BCUT2D eigenvalue weighted by atomic mass is 9.96. The molecule has 1 aliphatic heterocycles. The molecule has 0 saturated carbocycles. The van der Waals surface area contributed by atoms with Gasteiger partial charge < -0.3 is 10.6 Å². The first-order valence-electron chi connectivity index (χ1n) is 6.82. The third-order valence-corrected chi connectivity index (χ3v) is 3.76. The molecule has 0 fully saturated rings. The van der Waals surface area contributed by atoms with E-state index in [2.05, 4.69) is 43.0 Å². The van der Waals surface area contributed by atoms with Crippen LogP contribution in [0.3, 0.4) is 0 Å². The summed E-state index contributed by atoms with van der Waals surface area (Å²) in [5.74, 6) is 0. The molecule has 1 aromatic carbocycles. The van der Waals surface area contributed by atoms with E-state index in [0.717, 1.165) is 13.0 Å². The van der Waals surface area contributed by atoms with Gasteiger partial charge in [-0.05, 0) is 37.8 Å². The first-order valence-corrected chi connectivity index (χ1v) is 6.82. The van der Waals surface area contributed by atoms with Crippen molar-refractivity contribution in [3.8, 4) is 0 Å². The maximum atomic E-state index is 6.19. The largest absolute Gasteiger partial charge is 0.367 e. The zero-order chi connectivity index (χ0) is 12.3. The van der Waals surface area contributed by atoms with Gasteiger partial charge in [0.25, 0.3) is 0 Å². The van der Waals surface area contributed by atoms with Crippen LogP contribution in [0.15, 0.2) is 24.3 Å². The monoisotopic (exact) mass is 232 g/mol. The summed E-state index contributed by atoms with van der Waals surface area (Å²) in [5.41, 5.74) is 9.07. The topological polar surface area (TPSA) is 29.3 Å². The van der Waals surface area contributed by atoms with Gasteiger partial charge in [0.05, 0.1) is 0 Å². The molecule has 0 radical (unpaired) electrons. The number of nitrogens with two attached hydrogens (primary N) is 1. The van der Waals surface area contributed by atoms with Gasteiger partial charge >= 0.3 is 0 Å². The quantitative estimate of drug-likeness (QED) is 0.865. The van der Waals surface area contributed by atoms with Crippen molar-refractivity contribution in [1.82, 2.24) is 0 Å². The number of benzene rings is 1. The summed E-state index contributed by atoms with van der Waals surface area (Å²) in [7, 11) is 0. The van der Waals surface area contributed by atoms with Crippen LogP contribution in [0.1, 0.15) is 38.7 Å². The first kappa shape index (κ1) is 12.4. The third-order valence-electron chi connectivity index (χ3n) is 3.76. The molecule has 0 amide bonds. The Kier molecular flexibility index (Phi) is 4.06. The molecule has 2 nitrogen and oxygen atoms in total. The van der Waals surface area contributed by atoms with Crippen LogP contribution in [0, 0.1) is 0 Å². The SMILES string of the molecule is CCCC(N)CN1c2ccccc2CCC1C. The van der Waals surface area contributed by atoms with Crippen LogP contribution in [0.2, 0.25) is 0 Å². The van der Waals surface area contributed by atoms with Crippen molar-refractivity contribution in [3.63, 3.8) is 0 Å². The average Bonchev–Trinajstić information content (AvgIpc) is 2.33. The molecule has 0 aliphatic carbocycles. The van der Waals surface area contributed by atoms with Gasteiger partial charge in [0, 0.05) is 24.3 Å². The van der Waals surface area contributed by atoms with Gasteiger partial charge in [-0.1, -0.05) is 31.5 Å². The molecule has 2 N–H and O–H groups in total.